The van der Waals surface area contributed by atoms with Gasteiger partial charge in [-0.3, -0.25) is 18.8 Å². The normalized spacial score (nSPS) is 11.0. The average molecular weight is 317 g/mol. The molecule has 0 atom stereocenters. The Morgan fingerprint density at radius 1 is 1.45 bits per heavy atom. The van der Waals surface area contributed by atoms with Crippen molar-refractivity contribution in [2.45, 2.75) is 20.0 Å². The molecule has 3 rings (SSSR count). The van der Waals surface area contributed by atoms with Crippen molar-refractivity contribution in [3.63, 3.8) is 0 Å². The first-order valence-corrected chi connectivity index (χ1v) is 7.72. The van der Waals surface area contributed by atoms with E-state index in [9.17, 15) is 9.59 Å². The number of aryl methyl sites for hydroxylation is 1. The summed E-state index contributed by atoms with van der Waals surface area (Å²) in [4.78, 5) is 29.3. The molecular formula is C14H15N5O2S. The molecule has 8 heteroatoms. The van der Waals surface area contributed by atoms with Crippen LogP contribution in [0.3, 0.4) is 0 Å². The number of thiophene rings is 1. The second-order valence-electron chi connectivity index (χ2n) is 4.81. The van der Waals surface area contributed by atoms with Crippen molar-refractivity contribution >= 4 is 27.5 Å². The quantitative estimate of drug-likeness (QED) is 0.754. The van der Waals surface area contributed by atoms with Gasteiger partial charge in [-0.1, -0.05) is 0 Å². The highest BCUT2D eigenvalue weighted by molar-refractivity contribution is 7.16. The second kappa shape index (κ2) is 6.10. The summed E-state index contributed by atoms with van der Waals surface area (Å²) in [6, 6.07) is 3.54. The molecule has 0 aromatic carbocycles. The van der Waals surface area contributed by atoms with Crippen molar-refractivity contribution in [2.75, 3.05) is 6.54 Å². The SMILES string of the molecule is Cc1nc2sccc2c(=O)n1CCNC(=O)Cn1cccn1. The number of hydrogen-bond donors (Lipinski definition) is 1. The number of nitrogens with one attached hydrogen (secondary N) is 1. The number of nitrogens with zero attached hydrogens (tertiary/aromatic N) is 4. The van der Waals surface area contributed by atoms with E-state index in [0.29, 0.717) is 24.3 Å². The summed E-state index contributed by atoms with van der Waals surface area (Å²) in [5, 5.41) is 9.23. The molecule has 0 spiro atoms. The zero-order valence-electron chi connectivity index (χ0n) is 12.0. The Kier molecular flexibility index (Phi) is 4.01. The molecule has 0 aliphatic carbocycles. The molecule has 0 aliphatic heterocycles. The largest absolute Gasteiger partial charge is 0.353 e. The topological polar surface area (TPSA) is 81.8 Å². The first-order valence-electron chi connectivity index (χ1n) is 6.84. The van der Waals surface area contributed by atoms with Gasteiger partial charge < -0.3 is 5.32 Å². The number of aromatic nitrogens is 4. The second-order valence-corrected chi connectivity index (χ2v) is 5.70. The van der Waals surface area contributed by atoms with Crippen LogP contribution in [0, 0.1) is 6.92 Å². The molecule has 0 radical (unpaired) electrons. The van der Waals surface area contributed by atoms with Crippen LogP contribution in [-0.4, -0.2) is 31.8 Å². The van der Waals surface area contributed by atoms with Gasteiger partial charge in [0.15, 0.2) is 0 Å². The van der Waals surface area contributed by atoms with Crippen LogP contribution < -0.4 is 10.9 Å². The highest BCUT2D eigenvalue weighted by Gasteiger charge is 2.09. The molecule has 114 valence electrons. The van der Waals surface area contributed by atoms with Crippen LogP contribution in [0.15, 0.2) is 34.7 Å². The third-order valence-corrected chi connectivity index (χ3v) is 4.10. The third kappa shape index (κ3) is 2.91. The molecule has 0 saturated carbocycles. The number of carbonyl (C=O) groups excluding carboxylic acids is 1. The summed E-state index contributed by atoms with van der Waals surface area (Å²) in [7, 11) is 0. The smallest absolute Gasteiger partial charge is 0.262 e. The summed E-state index contributed by atoms with van der Waals surface area (Å²) in [6.45, 7) is 2.74. The lowest BCUT2D eigenvalue weighted by molar-refractivity contribution is -0.121. The van der Waals surface area contributed by atoms with Crippen LogP contribution in [0.2, 0.25) is 0 Å². The standard InChI is InChI=1S/C14H15N5O2S/c1-10-17-13-11(3-8-22-13)14(21)19(10)7-5-15-12(20)9-18-6-2-4-16-18/h2-4,6,8H,5,7,9H2,1H3,(H,15,20). The highest BCUT2D eigenvalue weighted by Crippen LogP contribution is 2.14. The van der Waals surface area contributed by atoms with E-state index in [1.165, 1.54) is 11.3 Å². The van der Waals surface area contributed by atoms with Gasteiger partial charge in [-0.2, -0.15) is 5.10 Å². The molecule has 0 saturated heterocycles. The predicted octanol–water partition coefficient (Wildman–Crippen LogP) is 0.779. The summed E-state index contributed by atoms with van der Waals surface area (Å²) >= 11 is 1.45. The fraction of sp³-hybridized carbons (Fsp3) is 0.286. The van der Waals surface area contributed by atoms with Crippen molar-refractivity contribution in [3.8, 4) is 0 Å². The van der Waals surface area contributed by atoms with Crippen molar-refractivity contribution in [1.82, 2.24) is 24.6 Å². The molecule has 7 nitrogen and oxygen atoms in total. The van der Waals surface area contributed by atoms with Crippen LogP contribution in [-0.2, 0) is 17.9 Å². The zero-order valence-corrected chi connectivity index (χ0v) is 12.8. The minimum Gasteiger partial charge on any atom is -0.353 e. The van der Waals surface area contributed by atoms with Crippen molar-refractivity contribution in [3.05, 3.63) is 46.1 Å². The molecule has 1 amide bonds. The first kappa shape index (κ1) is 14.5. The Hall–Kier alpha value is -2.48. The number of carbonyl (C=O) groups is 1. The van der Waals surface area contributed by atoms with Gasteiger partial charge in [0.25, 0.3) is 5.56 Å². The number of rotatable bonds is 5. The molecule has 3 aromatic rings. The third-order valence-electron chi connectivity index (χ3n) is 3.30. The van der Waals surface area contributed by atoms with Crippen LogP contribution in [0.25, 0.3) is 10.2 Å². The molecule has 3 heterocycles. The van der Waals surface area contributed by atoms with Crippen molar-refractivity contribution in [1.29, 1.82) is 0 Å². The van der Waals surface area contributed by atoms with E-state index in [-0.39, 0.29) is 18.0 Å². The summed E-state index contributed by atoms with van der Waals surface area (Å²) in [6.07, 6.45) is 3.35. The summed E-state index contributed by atoms with van der Waals surface area (Å²) in [5.41, 5.74) is -0.0647. The van der Waals surface area contributed by atoms with Crippen LogP contribution in [0.4, 0.5) is 0 Å². The van der Waals surface area contributed by atoms with E-state index in [0.717, 1.165) is 4.83 Å². The van der Waals surface area contributed by atoms with Crippen LogP contribution >= 0.6 is 11.3 Å². The fourth-order valence-electron chi connectivity index (χ4n) is 2.22. The maximum Gasteiger partial charge on any atom is 0.262 e. The monoisotopic (exact) mass is 317 g/mol. The number of hydrogen-bond acceptors (Lipinski definition) is 5. The minimum absolute atomic E-state index is 0.0647. The molecule has 0 unspecified atom stereocenters. The van der Waals surface area contributed by atoms with Gasteiger partial charge >= 0.3 is 0 Å². The van der Waals surface area contributed by atoms with Gasteiger partial charge in [0.2, 0.25) is 5.91 Å². The maximum atomic E-state index is 12.3. The summed E-state index contributed by atoms with van der Waals surface area (Å²) < 4.78 is 3.13. The van der Waals surface area contributed by atoms with Crippen molar-refractivity contribution < 1.29 is 4.79 Å². The number of fused-ring (bicyclic) bond motifs is 1. The van der Waals surface area contributed by atoms with Crippen LogP contribution in [0.5, 0.6) is 0 Å². The van der Waals surface area contributed by atoms with E-state index >= 15 is 0 Å². The number of amides is 1. The molecule has 22 heavy (non-hydrogen) atoms. The molecular weight excluding hydrogens is 302 g/mol. The highest BCUT2D eigenvalue weighted by atomic mass is 32.1. The summed E-state index contributed by atoms with van der Waals surface area (Å²) in [5.74, 6) is 0.514. The Bertz CT molecular complexity index is 850. The van der Waals surface area contributed by atoms with Crippen molar-refractivity contribution in [2.24, 2.45) is 0 Å². The van der Waals surface area contributed by atoms with Gasteiger partial charge in [-0.25, -0.2) is 4.98 Å². The first-order chi connectivity index (χ1) is 10.6. The molecule has 0 bridgehead atoms. The fourth-order valence-corrected chi connectivity index (χ4v) is 3.02. The Labute approximate surface area is 130 Å². The minimum atomic E-state index is -0.140. The molecule has 1 N–H and O–H groups in total. The Morgan fingerprint density at radius 2 is 2.32 bits per heavy atom. The average Bonchev–Trinajstić information content (AvgIpc) is 3.13. The van der Waals surface area contributed by atoms with Gasteiger partial charge in [-0.15, -0.1) is 11.3 Å². The Balaban J connectivity index is 1.64. The lowest BCUT2D eigenvalue weighted by atomic mass is 10.4. The van der Waals surface area contributed by atoms with E-state index in [4.69, 9.17) is 0 Å². The van der Waals surface area contributed by atoms with E-state index in [2.05, 4.69) is 15.4 Å². The molecule has 0 fully saturated rings. The van der Waals surface area contributed by atoms with E-state index in [1.54, 1.807) is 40.7 Å². The van der Waals surface area contributed by atoms with Crippen LogP contribution in [0.1, 0.15) is 5.82 Å². The maximum absolute atomic E-state index is 12.3. The van der Waals surface area contributed by atoms with Gasteiger partial charge in [-0.05, 0) is 24.4 Å². The van der Waals surface area contributed by atoms with Gasteiger partial charge in [0, 0.05) is 25.5 Å². The predicted molar refractivity (Wildman–Crippen MR) is 83.9 cm³/mol. The lowest BCUT2D eigenvalue weighted by Gasteiger charge is -2.10. The molecule has 0 aliphatic rings. The zero-order chi connectivity index (χ0) is 15.5. The van der Waals surface area contributed by atoms with Gasteiger partial charge in [0.05, 0.1) is 5.39 Å². The van der Waals surface area contributed by atoms with Gasteiger partial charge in [0.1, 0.15) is 17.2 Å². The molecule has 3 aromatic heterocycles. The van der Waals surface area contributed by atoms with E-state index < -0.39 is 0 Å². The van der Waals surface area contributed by atoms with E-state index in [1.807, 2.05) is 5.38 Å². The lowest BCUT2D eigenvalue weighted by Crippen LogP contribution is -2.34. The Morgan fingerprint density at radius 3 is 3.09 bits per heavy atom.